The Morgan fingerprint density at radius 2 is 2.08 bits per heavy atom. The van der Waals surface area contributed by atoms with Gasteiger partial charge in [0, 0.05) is 26.2 Å². The molecule has 0 unspecified atom stereocenters. The van der Waals surface area contributed by atoms with Gasteiger partial charge in [0.15, 0.2) is 0 Å². The molecule has 76 valence electrons. The maximum atomic E-state index is 5.30. The molecular weight excluding hydrogens is 164 g/mol. The lowest BCUT2D eigenvalue weighted by atomic mass is 9.87. The summed E-state index contributed by atoms with van der Waals surface area (Å²) in [4.78, 5) is 2.62. The molecule has 2 rings (SSSR count). The Labute approximate surface area is 80.4 Å². The second-order valence-corrected chi connectivity index (χ2v) is 4.12. The molecule has 0 amide bonds. The minimum absolute atomic E-state index is 0.543. The Bertz CT molecular complexity index is 149. The maximum Gasteiger partial charge on any atom is 0.0601 e. The lowest BCUT2D eigenvalue weighted by Gasteiger charge is -2.41. The standard InChI is InChI=1S/C10H20N2O/c1-13-10-7-9(8-10)12-5-2-3-11-4-6-12/h9-11H,2-8H2,1H3/t9-,10-. The van der Waals surface area contributed by atoms with Crippen molar-refractivity contribution in [3.05, 3.63) is 0 Å². The van der Waals surface area contributed by atoms with E-state index in [4.69, 9.17) is 4.74 Å². The van der Waals surface area contributed by atoms with Crippen LogP contribution >= 0.6 is 0 Å². The van der Waals surface area contributed by atoms with Crippen LogP contribution in [0.1, 0.15) is 19.3 Å². The number of nitrogens with one attached hydrogen (secondary N) is 1. The zero-order valence-corrected chi connectivity index (χ0v) is 8.46. The fourth-order valence-corrected chi connectivity index (χ4v) is 2.26. The largest absolute Gasteiger partial charge is 0.381 e. The summed E-state index contributed by atoms with van der Waals surface area (Å²) in [5.41, 5.74) is 0. The number of rotatable bonds is 2. The van der Waals surface area contributed by atoms with Crippen LogP contribution in [0, 0.1) is 0 Å². The van der Waals surface area contributed by atoms with Gasteiger partial charge in [-0.25, -0.2) is 0 Å². The van der Waals surface area contributed by atoms with Crippen LogP contribution in [0.2, 0.25) is 0 Å². The lowest BCUT2D eigenvalue weighted by Crippen LogP contribution is -2.48. The molecular formula is C10H20N2O. The van der Waals surface area contributed by atoms with Gasteiger partial charge in [0.1, 0.15) is 0 Å². The molecule has 0 atom stereocenters. The second kappa shape index (κ2) is 4.40. The third kappa shape index (κ3) is 2.22. The van der Waals surface area contributed by atoms with Crippen LogP contribution in [0.25, 0.3) is 0 Å². The van der Waals surface area contributed by atoms with Crippen LogP contribution in [-0.2, 0) is 4.74 Å². The Hall–Kier alpha value is -0.120. The fourth-order valence-electron chi connectivity index (χ4n) is 2.26. The molecule has 1 saturated carbocycles. The van der Waals surface area contributed by atoms with Crippen molar-refractivity contribution in [2.45, 2.75) is 31.4 Å². The average Bonchev–Trinajstić information content (AvgIpc) is 2.31. The maximum absolute atomic E-state index is 5.30. The topological polar surface area (TPSA) is 24.5 Å². The molecule has 3 heteroatoms. The molecule has 13 heavy (non-hydrogen) atoms. The van der Waals surface area contributed by atoms with Crippen LogP contribution in [0.5, 0.6) is 0 Å². The quantitative estimate of drug-likeness (QED) is 0.675. The van der Waals surface area contributed by atoms with Crippen LogP contribution in [0.3, 0.4) is 0 Å². The van der Waals surface area contributed by atoms with Gasteiger partial charge in [0.25, 0.3) is 0 Å². The van der Waals surface area contributed by atoms with Crippen molar-refractivity contribution in [3.8, 4) is 0 Å². The Balaban J connectivity index is 1.74. The molecule has 3 nitrogen and oxygen atoms in total. The summed E-state index contributed by atoms with van der Waals surface area (Å²) >= 11 is 0. The van der Waals surface area contributed by atoms with Gasteiger partial charge in [-0.15, -0.1) is 0 Å². The molecule has 1 aliphatic carbocycles. The highest BCUT2D eigenvalue weighted by Gasteiger charge is 2.33. The van der Waals surface area contributed by atoms with E-state index in [9.17, 15) is 0 Å². The third-order valence-electron chi connectivity index (χ3n) is 3.29. The smallest absolute Gasteiger partial charge is 0.0601 e. The van der Waals surface area contributed by atoms with Gasteiger partial charge in [0.2, 0.25) is 0 Å². The Morgan fingerprint density at radius 1 is 1.23 bits per heavy atom. The number of hydrogen-bond acceptors (Lipinski definition) is 3. The molecule has 0 spiro atoms. The van der Waals surface area contributed by atoms with Gasteiger partial charge in [-0.2, -0.15) is 0 Å². The van der Waals surface area contributed by atoms with Crippen molar-refractivity contribution in [3.63, 3.8) is 0 Å². The minimum Gasteiger partial charge on any atom is -0.381 e. The van der Waals surface area contributed by atoms with Crippen molar-refractivity contribution >= 4 is 0 Å². The molecule has 1 aliphatic heterocycles. The fraction of sp³-hybridized carbons (Fsp3) is 1.00. The van der Waals surface area contributed by atoms with Gasteiger partial charge in [-0.3, -0.25) is 4.90 Å². The van der Waals surface area contributed by atoms with E-state index in [-0.39, 0.29) is 0 Å². The van der Waals surface area contributed by atoms with Crippen LogP contribution in [0.4, 0.5) is 0 Å². The lowest BCUT2D eigenvalue weighted by molar-refractivity contribution is -0.0252. The van der Waals surface area contributed by atoms with Gasteiger partial charge >= 0.3 is 0 Å². The van der Waals surface area contributed by atoms with Gasteiger partial charge < -0.3 is 10.1 Å². The zero-order chi connectivity index (χ0) is 9.10. The normalized spacial score (nSPS) is 36.7. The summed E-state index contributed by atoms with van der Waals surface area (Å²) in [6.45, 7) is 4.85. The summed E-state index contributed by atoms with van der Waals surface area (Å²) in [6.07, 6.45) is 4.34. The molecule has 1 N–H and O–H groups in total. The molecule has 2 aliphatic rings. The Kier molecular flexibility index (Phi) is 3.19. The van der Waals surface area contributed by atoms with Gasteiger partial charge in [-0.1, -0.05) is 0 Å². The number of nitrogens with zero attached hydrogens (tertiary/aromatic N) is 1. The summed E-state index contributed by atoms with van der Waals surface area (Å²) in [6, 6.07) is 0.810. The third-order valence-corrected chi connectivity index (χ3v) is 3.29. The van der Waals surface area contributed by atoms with E-state index < -0.39 is 0 Å². The summed E-state index contributed by atoms with van der Waals surface area (Å²) in [5.74, 6) is 0. The predicted octanol–water partition coefficient (Wildman–Crippen LogP) is 0.459. The first-order valence-electron chi connectivity index (χ1n) is 5.37. The molecule has 0 aromatic rings. The monoisotopic (exact) mass is 184 g/mol. The van der Waals surface area contributed by atoms with Gasteiger partial charge in [-0.05, 0) is 32.4 Å². The van der Waals surface area contributed by atoms with Crippen molar-refractivity contribution in [1.29, 1.82) is 0 Å². The molecule has 0 aromatic heterocycles. The average molecular weight is 184 g/mol. The molecule has 0 aromatic carbocycles. The van der Waals surface area contributed by atoms with Crippen molar-refractivity contribution in [2.75, 3.05) is 33.3 Å². The van der Waals surface area contributed by atoms with Crippen molar-refractivity contribution < 1.29 is 4.74 Å². The summed E-state index contributed by atoms with van der Waals surface area (Å²) in [5, 5.41) is 3.43. The van der Waals surface area contributed by atoms with E-state index in [1.807, 2.05) is 7.11 Å². The minimum atomic E-state index is 0.543. The van der Waals surface area contributed by atoms with Crippen LogP contribution in [-0.4, -0.2) is 50.3 Å². The van der Waals surface area contributed by atoms with E-state index in [1.165, 1.54) is 38.9 Å². The van der Waals surface area contributed by atoms with Crippen LogP contribution in [0.15, 0.2) is 0 Å². The van der Waals surface area contributed by atoms with E-state index in [0.717, 1.165) is 12.6 Å². The van der Waals surface area contributed by atoms with Crippen molar-refractivity contribution in [1.82, 2.24) is 10.2 Å². The Morgan fingerprint density at radius 3 is 2.85 bits per heavy atom. The number of hydrogen-bond donors (Lipinski definition) is 1. The van der Waals surface area contributed by atoms with E-state index >= 15 is 0 Å². The first-order valence-corrected chi connectivity index (χ1v) is 5.37. The van der Waals surface area contributed by atoms with Crippen LogP contribution < -0.4 is 5.32 Å². The highest BCUT2D eigenvalue weighted by Crippen LogP contribution is 2.27. The van der Waals surface area contributed by atoms with E-state index in [1.54, 1.807) is 0 Å². The predicted molar refractivity (Wildman–Crippen MR) is 52.9 cm³/mol. The SMILES string of the molecule is CO[C@H]1C[C@H](N2CCCNCC2)C1. The highest BCUT2D eigenvalue weighted by atomic mass is 16.5. The van der Waals surface area contributed by atoms with Crippen molar-refractivity contribution in [2.24, 2.45) is 0 Å². The second-order valence-electron chi connectivity index (χ2n) is 4.12. The first kappa shape index (κ1) is 9.44. The molecule has 1 heterocycles. The summed E-state index contributed by atoms with van der Waals surface area (Å²) in [7, 11) is 1.82. The molecule has 0 radical (unpaired) electrons. The highest BCUT2D eigenvalue weighted by molar-refractivity contribution is 4.88. The summed E-state index contributed by atoms with van der Waals surface area (Å²) < 4.78 is 5.30. The first-order chi connectivity index (χ1) is 6.40. The zero-order valence-electron chi connectivity index (χ0n) is 8.46. The number of ether oxygens (including phenoxy) is 1. The number of methoxy groups -OCH3 is 1. The molecule has 2 fully saturated rings. The van der Waals surface area contributed by atoms with Gasteiger partial charge in [0.05, 0.1) is 6.10 Å². The molecule has 1 saturated heterocycles. The van der Waals surface area contributed by atoms with E-state index in [2.05, 4.69) is 10.2 Å². The van der Waals surface area contributed by atoms with E-state index in [0.29, 0.717) is 6.10 Å². The molecule has 0 bridgehead atoms.